The average molecular weight is 151 g/mol. The van der Waals surface area contributed by atoms with Crippen molar-refractivity contribution in [2.75, 3.05) is 6.61 Å². The fraction of sp³-hybridized carbons (Fsp3) is 1.00. The molecule has 0 amide bonds. The molecule has 60 valence electrons. The van der Waals surface area contributed by atoms with E-state index in [1.165, 1.54) is 0 Å². The summed E-state index contributed by atoms with van der Waals surface area (Å²) in [6.45, 7) is -2.69. The molecule has 0 aromatic heterocycles. The highest BCUT2D eigenvalue weighted by molar-refractivity contribution is 4.92. The fourth-order valence-electron chi connectivity index (χ4n) is 1.00. The quantitative estimate of drug-likeness (QED) is 0.655. The minimum absolute atomic E-state index is 0.00926. The molecule has 10 heavy (non-hydrogen) atoms. The molecule has 0 spiro atoms. The highest BCUT2D eigenvalue weighted by Gasteiger charge is 2.33. The van der Waals surface area contributed by atoms with Gasteiger partial charge in [0.05, 0.1) is 6.61 Å². The second-order valence-corrected chi connectivity index (χ2v) is 2.79. The first-order valence-electron chi connectivity index (χ1n) is 3.31. The largest absolute Gasteiger partial charge is 0.345 e. The molecule has 1 saturated carbocycles. The Morgan fingerprint density at radius 1 is 1.50 bits per heavy atom. The number of hydrogen-bond acceptors (Lipinski definition) is 2. The molecule has 2 N–H and O–H groups in total. The van der Waals surface area contributed by atoms with Gasteiger partial charge in [-0.2, -0.15) is 8.78 Å². The van der Waals surface area contributed by atoms with Crippen molar-refractivity contribution in [1.82, 2.24) is 0 Å². The van der Waals surface area contributed by atoms with Crippen molar-refractivity contribution in [2.45, 2.75) is 31.4 Å². The molecule has 1 aliphatic rings. The van der Waals surface area contributed by atoms with Gasteiger partial charge in [0.2, 0.25) is 0 Å². The fourth-order valence-corrected chi connectivity index (χ4v) is 1.00. The second kappa shape index (κ2) is 2.80. The highest BCUT2D eigenvalue weighted by atomic mass is 19.3. The summed E-state index contributed by atoms with van der Waals surface area (Å²) < 4.78 is 27.0. The first kappa shape index (κ1) is 7.88. The van der Waals surface area contributed by atoms with Crippen LogP contribution < -0.4 is 5.73 Å². The summed E-state index contributed by atoms with van der Waals surface area (Å²) in [5.74, 6) is 0. The lowest BCUT2D eigenvalue weighted by Gasteiger charge is -2.37. The summed E-state index contributed by atoms with van der Waals surface area (Å²) in [4.78, 5) is 0. The summed E-state index contributed by atoms with van der Waals surface area (Å²) >= 11 is 0. The second-order valence-electron chi connectivity index (χ2n) is 2.79. The van der Waals surface area contributed by atoms with Crippen molar-refractivity contribution >= 4 is 0 Å². The Bertz CT molecular complexity index is 114. The van der Waals surface area contributed by atoms with E-state index in [0.717, 1.165) is 19.3 Å². The Hall–Kier alpha value is -0.220. The molecular weight excluding hydrogens is 140 g/mol. The van der Waals surface area contributed by atoms with Gasteiger partial charge in [-0.05, 0) is 19.3 Å². The molecule has 0 aromatic rings. The first-order valence-corrected chi connectivity index (χ1v) is 3.31. The lowest BCUT2D eigenvalue weighted by molar-refractivity contribution is -0.147. The van der Waals surface area contributed by atoms with Gasteiger partial charge in [-0.25, -0.2) is 0 Å². The van der Waals surface area contributed by atoms with E-state index in [1.807, 2.05) is 0 Å². The van der Waals surface area contributed by atoms with Crippen LogP contribution in [0.4, 0.5) is 8.78 Å². The summed E-state index contributed by atoms with van der Waals surface area (Å²) in [5.41, 5.74) is 5.14. The van der Waals surface area contributed by atoms with E-state index < -0.39 is 12.2 Å². The molecule has 0 heterocycles. The summed E-state index contributed by atoms with van der Waals surface area (Å²) in [6.07, 6.45) is 2.64. The lowest BCUT2D eigenvalue weighted by Crippen LogP contribution is -2.50. The molecule has 0 aliphatic heterocycles. The van der Waals surface area contributed by atoms with Gasteiger partial charge in [-0.1, -0.05) is 0 Å². The smallest absolute Gasteiger partial charge is 0.323 e. The van der Waals surface area contributed by atoms with Gasteiger partial charge in [-0.3, -0.25) is 0 Å². The summed E-state index contributed by atoms with van der Waals surface area (Å²) in [6, 6.07) is 0. The molecule has 0 radical (unpaired) electrons. The van der Waals surface area contributed by atoms with Crippen LogP contribution in [0.5, 0.6) is 0 Å². The normalized spacial score (nSPS) is 22.8. The van der Waals surface area contributed by atoms with Gasteiger partial charge >= 0.3 is 6.61 Å². The summed E-state index contributed by atoms with van der Waals surface area (Å²) in [5, 5.41) is 0. The number of nitrogens with two attached hydrogens (primary N) is 1. The topological polar surface area (TPSA) is 35.2 Å². The molecule has 1 fully saturated rings. The summed E-state index contributed by atoms with van der Waals surface area (Å²) in [7, 11) is 0. The molecule has 0 aromatic carbocycles. The third-order valence-electron chi connectivity index (χ3n) is 1.85. The van der Waals surface area contributed by atoms with Gasteiger partial charge < -0.3 is 10.5 Å². The van der Waals surface area contributed by atoms with E-state index in [-0.39, 0.29) is 6.61 Å². The average Bonchev–Trinajstić information content (AvgIpc) is 1.79. The van der Waals surface area contributed by atoms with Crippen LogP contribution in [-0.2, 0) is 4.74 Å². The van der Waals surface area contributed by atoms with Crippen LogP contribution >= 0.6 is 0 Å². The van der Waals surface area contributed by atoms with E-state index >= 15 is 0 Å². The van der Waals surface area contributed by atoms with Crippen LogP contribution in [0.3, 0.4) is 0 Å². The monoisotopic (exact) mass is 151 g/mol. The minimum Gasteiger partial charge on any atom is -0.323 e. The molecule has 0 bridgehead atoms. The predicted octanol–water partition coefficient (Wildman–Crippen LogP) is 1.11. The van der Waals surface area contributed by atoms with Crippen molar-refractivity contribution < 1.29 is 13.5 Å². The highest BCUT2D eigenvalue weighted by Crippen LogP contribution is 2.29. The van der Waals surface area contributed by atoms with Crippen molar-refractivity contribution in [3.05, 3.63) is 0 Å². The van der Waals surface area contributed by atoms with Crippen LogP contribution in [0.15, 0.2) is 0 Å². The number of ether oxygens (including phenoxy) is 1. The van der Waals surface area contributed by atoms with Crippen LogP contribution in [-0.4, -0.2) is 18.8 Å². The van der Waals surface area contributed by atoms with Crippen molar-refractivity contribution in [3.8, 4) is 0 Å². The predicted molar refractivity (Wildman–Crippen MR) is 32.7 cm³/mol. The number of rotatable bonds is 3. The molecule has 2 nitrogen and oxygen atoms in total. The zero-order valence-electron chi connectivity index (χ0n) is 5.65. The number of halogens is 2. The Morgan fingerprint density at radius 2 is 2.10 bits per heavy atom. The third kappa shape index (κ3) is 1.88. The Balaban J connectivity index is 2.12. The molecule has 0 saturated heterocycles. The number of hydrogen-bond donors (Lipinski definition) is 1. The van der Waals surface area contributed by atoms with Crippen molar-refractivity contribution in [1.29, 1.82) is 0 Å². The minimum atomic E-state index is -2.68. The van der Waals surface area contributed by atoms with Crippen molar-refractivity contribution in [3.63, 3.8) is 0 Å². The molecule has 0 atom stereocenters. The standard InChI is InChI=1S/C6H11F2NO/c7-5(8)10-4-6(9)2-1-3-6/h5H,1-4,9H2. The van der Waals surface area contributed by atoms with E-state index in [2.05, 4.69) is 4.74 Å². The third-order valence-corrected chi connectivity index (χ3v) is 1.85. The van der Waals surface area contributed by atoms with Gasteiger partial charge in [0.1, 0.15) is 0 Å². The van der Waals surface area contributed by atoms with E-state index in [4.69, 9.17) is 5.73 Å². The Kier molecular flexibility index (Phi) is 2.21. The van der Waals surface area contributed by atoms with E-state index in [1.54, 1.807) is 0 Å². The lowest BCUT2D eigenvalue weighted by atomic mass is 9.78. The van der Waals surface area contributed by atoms with Crippen molar-refractivity contribution in [2.24, 2.45) is 5.73 Å². The van der Waals surface area contributed by atoms with Crippen LogP contribution in [0.1, 0.15) is 19.3 Å². The zero-order chi connectivity index (χ0) is 7.61. The zero-order valence-corrected chi connectivity index (χ0v) is 5.65. The maximum atomic E-state index is 11.4. The SMILES string of the molecule is NC1(COC(F)F)CCC1. The molecular formula is C6H11F2NO. The van der Waals surface area contributed by atoms with Gasteiger partial charge in [0, 0.05) is 5.54 Å². The van der Waals surface area contributed by atoms with Crippen LogP contribution in [0.25, 0.3) is 0 Å². The molecule has 1 rings (SSSR count). The Morgan fingerprint density at radius 3 is 2.40 bits per heavy atom. The van der Waals surface area contributed by atoms with Crippen LogP contribution in [0, 0.1) is 0 Å². The van der Waals surface area contributed by atoms with Gasteiger partial charge in [0.25, 0.3) is 0 Å². The maximum absolute atomic E-state index is 11.4. The van der Waals surface area contributed by atoms with Gasteiger partial charge in [-0.15, -0.1) is 0 Å². The van der Waals surface area contributed by atoms with Gasteiger partial charge in [0.15, 0.2) is 0 Å². The molecule has 0 unspecified atom stereocenters. The Labute approximate surface area is 58.3 Å². The van der Waals surface area contributed by atoms with E-state index in [0.29, 0.717) is 0 Å². The molecule has 4 heteroatoms. The number of alkyl halides is 2. The molecule has 1 aliphatic carbocycles. The van der Waals surface area contributed by atoms with Crippen LogP contribution in [0.2, 0.25) is 0 Å². The maximum Gasteiger partial charge on any atom is 0.345 e. The van der Waals surface area contributed by atoms with E-state index in [9.17, 15) is 8.78 Å². The first-order chi connectivity index (χ1) is 4.62.